The van der Waals surface area contributed by atoms with E-state index in [1.807, 2.05) is 26.8 Å². The van der Waals surface area contributed by atoms with E-state index in [4.69, 9.17) is 0 Å². The molecule has 1 aromatic carbocycles. The van der Waals surface area contributed by atoms with Crippen molar-refractivity contribution in [2.45, 2.75) is 27.2 Å². The molecule has 0 bridgehead atoms. The SMILES string of the molecule is Cc1ccc(C)c(CC(=O)c2cnc(C)cn2)c1. The van der Waals surface area contributed by atoms with Crippen LogP contribution in [0.2, 0.25) is 0 Å². The van der Waals surface area contributed by atoms with Crippen molar-refractivity contribution in [2.75, 3.05) is 0 Å². The monoisotopic (exact) mass is 240 g/mol. The summed E-state index contributed by atoms with van der Waals surface area (Å²) >= 11 is 0. The molecule has 0 aliphatic heterocycles. The Bertz CT molecular complexity index is 574. The van der Waals surface area contributed by atoms with Gasteiger partial charge in [-0.05, 0) is 31.9 Å². The van der Waals surface area contributed by atoms with E-state index in [1.54, 1.807) is 12.4 Å². The summed E-state index contributed by atoms with van der Waals surface area (Å²) in [5.74, 6) is 0.0104. The van der Waals surface area contributed by atoms with Crippen LogP contribution < -0.4 is 0 Å². The summed E-state index contributed by atoms with van der Waals surface area (Å²) in [5, 5.41) is 0. The smallest absolute Gasteiger partial charge is 0.187 e. The lowest BCUT2D eigenvalue weighted by molar-refractivity contribution is 0.0987. The predicted molar refractivity (Wildman–Crippen MR) is 70.7 cm³/mol. The van der Waals surface area contributed by atoms with Crippen molar-refractivity contribution in [1.82, 2.24) is 9.97 Å². The van der Waals surface area contributed by atoms with Crippen LogP contribution >= 0.6 is 0 Å². The average molecular weight is 240 g/mol. The molecule has 0 radical (unpaired) electrons. The number of ketones is 1. The number of aryl methyl sites for hydroxylation is 3. The van der Waals surface area contributed by atoms with Crippen molar-refractivity contribution in [3.8, 4) is 0 Å². The Morgan fingerprint density at radius 3 is 2.56 bits per heavy atom. The van der Waals surface area contributed by atoms with Gasteiger partial charge in [-0.25, -0.2) is 4.98 Å². The van der Waals surface area contributed by atoms with Gasteiger partial charge in [0, 0.05) is 12.6 Å². The van der Waals surface area contributed by atoms with Crippen LogP contribution in [0.4, 0.5) is 0 Å². The molecule has 0 saturated carbocycles. The van der Waals surface area contributed by atoms with E-state index in [9.17, 15) is 4.79 Å². The Morgan fingerprint density at radius 2 is 1.89 bits per heavy atom. The number of aromatic nitrogens is 2. The lowest BCUT2D eigenvalue weighted by atomic mass is 10.00. The van der Waals surface area contributed by atoms with Crippen LogP contribution in [0.5, 0.6) is 0 Å². The van der Waals surface area contributed by atoms with Gasteiger partial charge in [-0.1, -0.05) is 23.8 Å². The first-order valence-electron chi connectivity index (χ1n) is 5.94. The van der Waals surface area contributed by atoms with Crippen molar-refractivity contribution in [1.29, 1.82) is 0 Å². The number of carbonyl (C=O) groups is 1. The number of Topliss-reactive ketones (excluding diaryl/α,β-unsaturated/α-hetero) is 1. The molecule has 2 aromatic rings. The highest BCUT2D eigenvalue weighted by Gasteiger charge is 2.10. The van der Waals surface area contributed by atoms with Crippen LogP contribution in [0.15, 0.2) is 30.6 Å². The van der Waals surface area contributed by atoms with Crippen LogP contribution in [-0.4, -0.2) is 15.8 Å². The highest BCUT2D eigenvalue weighted by atomic mass is 16.1. The zero-order valence-electron chi connectivity index (χ0n) is 10.9. The fourth-order valence-electron chi connectivity index (χ4n) is 1.79. The van der Waals surface area contributed by atoms with Crippen LogP contribution in [0.25, 0.3) is 0 Å². The fraction of sp³-hybridized carbons (Fsp3) is 0.267. The molecule has 0 aliphatic carbocycles. The van der Waals surface area contributed by atoms with Gasteiger partial charge < -0.3 is 0 Å². The minimum Gasteiger partial charge on any atom is -0.292 e. The third-order valence-electron chi connectivity index (χ3n) is 2.92. The summed E-state index contributed by atoms with van der Waals surface area (Å²) in [4.78, 5) is 20.3. The Kier molecular flexibility index (Phi) is 3.51. The second kappa shape index (κ2) is 5.08. The molecule has 92 valence electrons. The quantitative estimate of drug-likeness (QED) is 0.775. The van der Waals surface area contributed by atoms with Gasteiger partial charge in [-0.2, -0.15) is 0 Å². The molecule has 0 amide bonds. The van der Waals surface area contributed by atoms with Crippen LogP contribution in [-0.2, 0) is 6.42 Å². The summed E-state index contributed by atoms with van der Waals surface area (Å²) < 4.78 is 0. The highest BCUT2D eigenvalue weighted by Crippen LogP contribution is 2.13. The van der Waals surface area contributed by atoms with Crippen molar-refractivity contribution >= 4 is 5.78 Å². The maximum Gasteiger partial charge on any atom is 0.187 e. The molecule has 3 nitrogen and oxygen atoms in total. The van der Waals surface area contributed by atoms with E-state index in [0.29, 0.717) is 12.1 Å². The van der Waals surface area contributed by atoms with E-state index in [0.717, 1.165) is 16.8 Å². The Morgan fingerprint density at radius 1 is 1.11 bits per heavy atom. The molecule has 18 heavy (non-hydrogen) atoms. The number of carbonyl (C=O) groups excluding carboxylic acids is 1. The number of rotatable bonds is 3. The molecule has 0 N–H and O–H groups in total. The summed E-state index contributed by atoms with van der Waals surface area (Å²) in [7, 11) is 0. The van der Waals surface area contributed by atoms with Crippen LogP contribution in [0.1, 0.15) is 32.9 Å². The predicted octanol–water partition coefficient (Wildman–Crippen LogP) is 2.83. The molecule has 3 heteroatoms. The van der Waals surface area contributed by atoms with E-state index in [2.05, 4.69) is 22.1 Å². The fourth-order valence-corrected chi connectivity index (χ4v) is 1.79. The van der Waals surface area contributed by atoms with Crippen LogP contribution in [0.3, 0.4) is 0 Å². The highest BCUT2D eigenvalue weighted by molar-refractivity contribution is 5.95. The zero-order valence-corrected chi connectivity index (χ0v) is 10.9. The molecule has 1 aromatic heterocycles. The first-order chi connectivity index (χ1) is 8.56. The summed E-state index contributed by atoms with van der Waals surface area (Å²) in [5.41, 5.74) is 4.61. The molecule has 0 aliphatic rings. The molecule has 0 atom stereocenters. The molecule has 1 heterocycles. The standard InChI is InChI=1S/C15H16N2O/c1-10-4-5-11(2)13(6-10)7-15(18)14-9-16-12(3)8-17-14/h4-6,8-9H,7H2,1-3H3. The summed E-state index contributed by atoms with van der Waals surface area (Å²) in [6, 6.07) is 6.14. The second-order valence-corrected chi connectivity index (χ2v) is 4.57. The largest absolute Gasteiger partial charge is 0.292 e. The van der Waals surface area contributed by atoms with Gasteiger partial charge in [0.15, 0.2) is 5.78 Å². The molecule has 0 spiro atoms. The first kappa shape index (κ1) is 12.4. The van der Waals surface area contributed by atoms with Crippen molar-refractivity contribution in [3.63, 3.8) is 0 Å². The van der Waals surface area contributed by atoms with E-state index >= 15 is 0 Å². The van der Waals surface area contributed by atoms with Gasteiger partial charge in [0.2, 0.25) is 0 Å². The molecular weight excluding hydrogens is 224 g/mol. The lowest BCUT2D eigenvalue weighted by Crippen LogP contribution is -2.08. The Labute approximate surface area is 107 Å². The van der Waals surface area contributed by atoms with Gasteiger partial charge in [0.05, 0.1) is 11.9 Å². The topological polar surface area (TPSA) is 42.9 Å². The number of benzene rings is 1. The van der Waals surface area contributed by atoms with Crippen molar-refractivity contribution in [2.24, 2.45) is 0 Å². The molecule has 2 rings (SSSR count). The average Bonchev–Trinajstić information content (AvgIpc) is 2.34. The maximum atomic E-state index is 12.1. The van der Waals surface area contributed by atoms with E-state index in [-0.39, 0.29) is 5.78 Å². The number of nitrogens with zero attached hydrogens (tertiary/aromatic N) is 2. The number of hydrogen-bond donors (Lipinski definition) is 0. The van der Waals surface area contributed by atoms with Gasteiger partial charge >= 0.3 is 0 Å². The molecule has 0 saturated heterocycles. The number of hydrogen-bond acceptors (Lipinski definition) is 3. The summed E-state index contributed by atoms with van der Waals surface area (Å²) in [6.07, 6.45) is 3.55. The third-order valence-corrected chi connectivity index (χ3v) is 2.92. The van der Waals surface area contributed by atoms with Gasteiger partial charge in [-0.15, -0.1) is 0 Å². The van der Waals surface area contributed by atoms with E-state index in [1.165, 1.54) is 5.56 Å². The van der Waals surface area contributed by atoms with Gasteiger partial charge in [0.1, 0.15) is 5.69 Å². The summed E-state index contributed by atoms with van der Waals surface area (Å²) in [6.45, 7) is 5.90. The molecule has 0 unspecified atom stereocenters. The zero-order chi connectivity index (χ0) is 13.1. The van der Waals surface area contributed by atoms with Crippen molar-refractivity contribution in [3.05, 3.63) is 58.7 Å². The molecule has 0 fully saturated rings. The Balaban J connectivity index is 2.21. The van der Waals surface area contributed by atoms with Gasteiger partial charge in [0.25, 0.3) is 0 Å². The normalized spacial score (nSPS) is 10.4. The van der Waals surface area contributed by atoms with Crippen LogP contribution in [0, 0.1) is 20.8 Å². The second-order valence-electron chi connectivity index (χ2n) is 4.57. The molecular formula is C15H16N2O. The van der Waals surface area contributed by atoms with E-state index < -0.39 is 0 Å². The Hall–Kier alpha value is -2.03. The van der Waals surface area contributed by atoms with Crippen molar-refractivity contribution < 1.29 is 4.79 Å². The minimum atomic E-state index is 0.0104. The third kappa shape index (κ3) is 2.80. The first-order valence-corrected chi connectivity index (χ1v) is 5.94. The maximum absolute atomic E-state index is 12.1. The minimum absolute atomic E-state index is 0.0104. The lowest BCUT2D eigenvalue weighted by Gasteiger charge is -2.06. The van der Waals surface area contributed by atoms with Gasteiger partial charge in [-0.3, -0.25) is 9.78 Å².